The van der Waals surface area contributed by atoms with Gasteiger partial charge in [0.15, 0.2) is 0 Å². The van der Waals surface area contributed by atoms with Crippen LogP contribution in [0.15, 0.2) is 22.8 Å². The number of aliphatic carboxylic acids is 1. The number of furan rings is 1. The number of hydrogen-bond donors (Lipinski definition) is 1. The van der Waals surface area contributed by atoms with Crippen molar-refractivity contribution in [3.63, 3.8) is 0 Å². The quantitative estimate of drug-likeness (QED) is 0.756. The monoisotopic (exact) mass is 183 g/mol. The van der Waals surface area contributed by atoms with Crippen molar-refractivity contribution >= 4 is 5.97 Å². The zero-order chi connectivity index (χ0) is 9.84. The number of carboxylic acids is 1. The van der Waals surface area contributed by atoms with Gasteiger partial charge in [-0.2, -0.15) is 0 Å². The molecule has 1 rings (SSSR count). The van der Waals surface area contributed by atoms with E-state index in [2.05, 4.69) is 0 Å². The van der Waals surface area contributed by atoms with Crippen LogP contribution in [0.25, 0.3) is 0 Å². The minimum Gasteiger partial charge on any atom is -0.481 e. The molecule has 1 N–H and O–H groups in total. The van der Waals surface area contributed by atoms with Crippen molar-refractivity contribution in [1.82, 2.24) is 4.90 Å². The summed E-state index contributed by atoms with van der Waals surface area (Å²) in [5.74, 6) is -0.935. The lowest BCUT2D eigenvalue weighted by Gasteiger charge is -2.14. The Kier molecular flexibility index (Phi) is 3.08. The summed E-state index contributed by atoms with van der Waals surface area (Å²) in [7, 11) is 3.66. The van der Waals surface area contributed by atoms with Crippen LogP contribution in [0.4, 0.5) is 0 Å². The molecule has 0 radical (unpaired) electrons. The molecule has 1 atom stereocenters. The molecule has 1 unspecified atom stereocenters. The van der Waals surface area contributed by atoms with Gasteiger partial charge in [-0.05, 0) is 26.2 Å². The second-order valence-corrected chi connectivity index (χ2v) is 3.17. The molecule has 0 aliphatic carbocycles. The topological polar surface area (TPSA) is 53.7 Å². The highest BCUT2D eigenvalue weighted by atomic mass is 16.4. The van der Waals surface area contributed by atoms with Gasteiger partial charge < -0.3 is 14.4 Å². The van der Waals surface area contributed by atoms with Gasteiger partial charge in [-0.15, -0.1) is 0 Å². The Labute approximate surface area is 76.8 Å². The molecule has 72 valence electrons. The fourth-order valence-electron chi connectivity index (χ4n) is 1.14. The molecular weight excluding hydrogens is 170 g/mol. The highest BCUT2D eigenvalue weighted by Gasteiger charge is 2.22. The van der Waals surface area contributed by atoms with E-state index >= 15 is 0 Å². The largest absolute Gasteiger partial charge is 0.481 e. The standard InChI is InChI=1S/C9H13NO3/c1-10(2)6-7(9(11)12)8-4-3-5-13-8/h3-5,7H,6H2,1-2H3,(H,11,12). The highest BCUT2D eigenvalue weighted by Crippen LogP contribution is 2.16. The molecule has 0 saturated carbocycles. The van der Waals surface area contributed by atoms with Crippen LogP contribution in [0, 0.1) is 0 Å². The van der Waals surface area contributed by atoms with Crippen molar-refractivity contribution in [3.05, 3.63) is 24.2 Å². The predicted octanol–water partition coefficient (Wildman–Crippen LogP) is 1.01. The van der Waals surface area contributed by atoms with Gasteiger partial charge in [-0.1, -0.05) is 0 Å². The Morgan fingerprint density at radius 3 is 2.77 bits per heavy atom. The lowest BCUT2D eigenvalue weighted by molar-refractivity contribution is -0.139. The fourth-order valence-corrected chi connectivity index (χ4v) is 1.14. The summed E-state index contributed by atoms with van der Waals surface area (Å²) in [4.78, 5) is 12.7. The second-order valence-electron chi connectivity index (χ2n) is 3.17. The Balaban J connectivity index is 2.75. The molecule has 0 fully saturated rings. The van der Waals surface area contributed by atoms with Crippen LogP contribution in [0.1, 0.15) is 11.7 Å². The first-order valence-corrected chi connectivity index (χ1v) is 4.02. The molecule has 1 aromatic heterocycles. The summed E-state index contributed by atoms with van der Waals surface area (Å²) in [5, 5.41) is 8.91. The Morgan fingerprint density at radius 1 is 1.69 bits per heavy atom. The molecule has 0 spiro atoms. The first-order valence-electron chi connectivity index (χ1n) is 4.02. The average molecular weight is 183 g/mol. The van der Waals surface area contributed by atoms with E-state index in [-0.39, 0.29) is 0 Å². The number of likely N-dealkylation sites (N-methyl/N-ethyl adjacent to an activating group) is 1. The van der Waals surface area contributed by atoms with E-state index in [4.69, 9.17) is 9.52 Å². The molecular formula is C9H13NO3. The maximum Gasteiger partial charge on any atom is 0.315 e. The van der Waals surface area contributed by atoms with Gasteiger partial charge >= 0.3 is 5.97 Å². The number of carboxylic acid groups (broad SMARTS) is 1. The van der Waals surface area contributed by atoms with E-state index in [0.717, 1.165) is 0 Å². The van der Waals surface area contributed by atoms with E-state index in [1.165, 1.54) is 6.26 Å². The summed E-state index contributed by atoms with van der Waals surface area (Å²) in [6.45, 7) is 0.447. The summed E-state index contributed by atoms with van der Waals surface area (Å²) in [6, 6.07) is 3.38. The lowest BCUT2D eigenvalue weighted by Crippen LogP contribution is -2.25. The minimum absolute atomic E-state index is 0.447. The van der Waals surface area contributed by atoms with E-state index < -0.39 is 11.9 Å². The molecule has 0 aromatic carbocycles. The smallest absolute Gasteiger partial charge is 0.315 e. The summed E-state index contributed by atoms with van der Waals surface area (Å²) in [5.41, 5.74) is 0. The Bertz CT molecular complexity index is 266. The number of nitrogens with zero attached hydrogens (tertiary/aromatic N) is 1. The zero-order valence-electron chi connectivity index (χ0n) is 7.73. The average Bonchev–Trinajstić information content (AvgIpc) is 2.50. The van der Waals surface area contributed by atoms with E-state index in [0.29, 0.717) is 12.3 Å². The Morgan fingerprint density at radius 2 is 2.38 bits per heavy atom. The predicted molar refractivity (Wildman–Crippen MR) is 47.6 cm³/mol. The van der Waals surface area contributed by atoms with Crippen LogP contribution in [-0.2, 0) is 4.79 Å². The van der Waals surface area contributed by atoms with Crippen LogP contribution < -0.4 is 0 Å². The molecule has 1 heterocycles. The second kappa shape index (κ2) is 4.09. The van der Waals surface area contributed by atoms with Gasteiger partial charge in [0.1, 0.15) is 11.7 Å². The van der Waals surface area contributed by atoms with Crippen molar-refractivity contribution in [3.8, 4) is 0 Å². The van der Waals surface area contributed by atoms with Crippen molar-refractivity contribution in [2.75, 3.05) is 20.6 Å². The maximum atomic E-state index is 10.8. The molecule has 0 aliphatic rings. The fraction of sp³-hybridized carbons (Fsp3) is 0.444. The van der Waals surface area contributed by atoms with Gasteiger partial charge in [0.2, 0.25) is 0 Å². The normalized spacial score (nSPS) is 13.2. The van der Waals surface area contributed by atoms with Crippen molar-refractivity contribution in [2.45, 2.75) is 5.92 Å². The van der Waals surface area contributed by atoms with E-state index in [1.54, 1.807) is 12.1 Å². The molecule has 0 bridgehead atoms. The number of rotatable bonds is 4. The Hall–Kier alpha value is -1.29. The molecule has 0 saturated heterocycles. The first-order chi connectivity index (χ1) is 6.11. The van der Waals surface area contributed by atoms with Gasteiger partial charge in [-0.3, -0.25) is 4.79 Å². The van der Waals surface area contributed by atoms with Gasteiger partial charge in [0.05, 0.1) is 6.26 Å². The number of hydrogen-bond acceptors (Lipinski definition) is 3. The van der Waals surface area contributed by atoms with Crippen LogP contribution in [0.5, 0.6) is 0 Å². The summed E-state index contributed by atoms with van der Waals surface area (Å²) >= 11 is 0. The van der Waals surface area contributed by atoms with E-state index in [9.17, 15) is 4.79 Å². The summed E-state index contributed by atoms with van der Waals surface area (Å²) in [6.07, 6.45) is 1.49. The van der Waals surface area contributed by atoms with Crippen molar-refractivity contribution < 1.29 is 14.3 Å². The first kappa shape index (κ1) is 9.80. The minimum atomic E-state index is -0.858. The molecule has 13 heavy (non-hydrogen) atoms. The molecule has 1 aromatic rings. The van der Waals surface area contributed by atoms with E-state index in [1.807, 2.05) is 19.0 Å². The number of carbonyl (C=O) groups is 1. The van der Waals surface area contributed by atoms with Crippen LogP contribution in [-0.4, -0.2) is 36.6 Å². The van der Waals surface area contributed by atoms with Gasteiger partial charge in [-0.25, -0.2) is 0 Å². The van der Waals surface area contributed by atoms with Crippen molar-refractivity contribution in [2.24, 2.45) is 0 Å². The molecule has 0 aliphatic heterocycles. The third-order valence-corrected chi connectivity index (χ3v) is 1.73. The summed E-state index contributed by atoms with van der Waals surface area (Å²) < 4.78 is 5.05. The van der Waals surface area contributed by atoms with Gasteiger partial charge in [0, 0.05) is 6.54 Å². The molecule has 4 heteroatoms. The van der Waals surface area contributed by atoms with Gasteiger partial charge in [0.25, 0.3) is 0 Å². The molecule has 0 amide bonds. The zero-order valence-corrected chi connectivity index (χ0v) is 7.73. The third kappa shape index (κ3) is 2.59. The third-order valence-electron chi connectivity index (χ3n) is 1.73. The highest BCUT2D eigenvalue weighted by molar-refractivity contribution is 5.75. The van der Waals surface area contributed by atoms with Crippen LogP contribution in [0.2, 0.25) is 0 Å². The van der Waals surface area contributed by atoms with Crippen LogP contribution >= 0.6 is 0 Å². The van der Waals surface area contributed by atoms with Crippen LogP contribution in [0.3, 0.4) is 0 Å². The lowest BCUT2D eigenvalue weighted by atomic mass is 10.1. The maximum absolute atomic E-state index is 10.8. The molecule has 4 nitrogen and oxygen atoms in total. The SMILES string of the molecule is CN(C)CC(C(=O)O)c1ccco1. The van der Waals surface area contributed by atoms with Crippen molar-refractivity contribution in [1.29, 1.82) is 0 Å².